The standard InChI is InChI=1S/C36H37F3N4O8/c1-20-11-12-36(15-28(48-5)40-51-36)27-18-41(20)33(46)29-31(49-19-21-9-7-6-8-10-21)30(44)24(17-42(27)29)32(45)43(34(47)50-35(2,3)4)16-23-25(38)13-22(37)14-26(23)39/h6-10,13-14,17,20,27H,11-12,15-16,18-19H2,1-5H3/t20-,27+,36-/m0/s1. The topological polar surface area (TPSA) is 129 Å². The second-order valence-corrected chi connectivity index (χ2v) is 13.8. The molecule has 15 heteroatoms. The number of methoxy groups -OCH3 is 1. The summed E-state index contributed by atoms with van der Waals surface area (Å²) in [5.41, 5.74) is -4.27. The average Bonchev–Trinajstić information content (AvgIpc) is 3.45. The summed E-state index contributed by atoms with van der Waals surface area (Å²) in [4.78, 5) is 64.7. The number of carbonyl (C=O) groups is 3. The lowest BCUT2D eigenvalue weighted by molar-refractivity contribution is -0.0656. The van der Waals surface area contributed by atoms with Crippen molar-refractivity contribution in [3.05, 3.63) is 98.7 Å². The minimum absolute atomic E-state index is 0.107. The number of hydrogen-bond donors (Lipinski definition) is 0. The van der Waals surface area contributed by atoms with Gasteiger partial charge < -0.3 is 28.5 Å². The number of imide groups is 1. The summed E-state index contributed by atoms with van der Waals surface area (Å²) in [6.07, 6.45) is 0.951. The minimum atomic E-state index is -1.37. The van der Waals surface area contributed by atoms with Crippen LogP contribution in [-0.4, -0.2) is 69.1 Å². The Labute approximate surface area is 291 Å². The van der Waals surface area contributed by atoms with Crippen LogP contribution < -0.4 is 10.2 Å². The molecule has 12 nitrogen and oxygen atoms in total. The van der Waals surface area contributed by atoms with Crippen molar-refractivity contribution in [3.8, 4) is 5.75 Å². The molecular formula is C36H37F3N4O8. The number of fused-ring (bicyclic) bond motifs is 5. The van der Waals surface area contributed by atoms with Crippen LogP contribution in [-0.2, 0) is 27.5 Å². The SMILES string of the molecule is COC1=NO[C@@]2(CC[C@H](C)N3C[C@H]2n2cc(C(=O)N(Cc4c(F)cc(F)cc4F)C(=O)OC(C)(C)C)c(=O)c(OCc4ccccc4)c2C3=O)C1. The Morgan fingerprint density at radius 3 is 2.41 bits per heavy atom. The van der Waals surface area contributed by atoms with E-state index in [9.17, 15) is 32.3 Å². The van der Waals surface area contributed by atoms with E-state index in [1.165, 1.54) is 32.4 Å². The first kappa shape index (κ1) is 35.5. The molecule has 1 fully saturated rings. The summed E-state index contributed by atoms with van der Waals surface area (Å²) in [5.74, 6) is -5.93. The van der Waals surface area contributed by atoms with Gasteiger partial charge >= 0.3 is 6.09 Å². The summed E-state index contributed by atoms with van der Waals surface area (Å²) in [6, 6.07) is 8.59. The number of nitrogens with zero attached hydrogens (tertiary/aromatic N) is 4. The van der Waals surface area contributed by atoms with Gasteiger partial charge in [-0.05, 0) is 46.1 Å². The van der Waals surface area contributed by atoms with E-state index < -0.39 is 81.5 Å². The fraction of sp³-hybridized carbons (Fsp3) is 0.417. The Morgan fingerprint density at radius 2 is 1.78 bits per heavy atom. The van der Waals surface area contributed by atoms with Gasteiger partial charge in [-0.25, -0.2) is 22.9 Å². The van der Waals surface area contributed by atoms with Crippen LogP contribution in [0.1, 0.15) is 85.0 Å². The molecule has 1 spiro atoms. The highest BCUT2D eigenvalue weighted by molar-refractivity contribution is 6.04. The molecule has 51 heavy (non-hydrogen) atoms. The number of halogens is 3. The molecule has 1 aromatic heterocycles. The van der Waals surface area contributed by atoms with Crippen molar-refractivity contribution in [2.75, 3.05) is 13.7 Å². The molecule has 3 aromatic rings. The third-order valence-electron chi connectivity index (χ3n) is 9.24. The zero-order valence-corrected chi connectivity index (χ0v) is 28.7. The summed E-state index contributed by atoms with van der Waals surface area (Å²) in [6.45, 7) is 5.29. The molecule has 3 amide bonds. The quantitative estimate of drug-likeness (QED) is 0.318. The molecular weight excluding hydrogens is 673 g/mol. The van der Waals surface area contributed by atoms with E-state index in [1.807, 2.05) is 6.92 Å². The Bertz CT molecular complexity index is 1960. The molecule has 0 aliphatic carbocycles. The first-order chi connectivity index (χ1) is 24.1. The third-order valence-corrected chi connectivity index (χ3v) is 9.24. The largest absolute Gasteiger partial charge is 0.483 e. The summed E-state index contributed by atoms with van der Waals surface area (Å²) >= 11 is 0. The fourth-order valence-electron chi connectivity index (χ4n) is 6.59. The lowest BCUT2D eigenvalue weighted by Crippen LogP contribution is -2.53. The van der Waals surface area contributed by atoms with Crippen molar-refractivity contribution in [2.24, 2.45) is 5.16 Å². The smallest absolute Gasteiger partial charge is 0.417 e. The fourth-order valence-corrected chi connectivity index (χ4v) is 6.59. The zero-order valence-electron chi connectivity index (χ0n) is 28.7. The van der Waals surface area contributed by atoms with Crippen LogP contribution in [0.25, 0.3) is 0 Å². The molecule has 3 atom stereocenters. The van der Waals surface area contributed by atoms with Gasteiger partial charge in [0.1, 0.15) is 35.2 Å². The van der Waals surface area contributed by atoms with Crippen LogP contribution in [0.2, 0.25) is 0 Å². The van der Waals surface area contributed by atoms with E-state index in [4.69, 9.17) is 19.0 Å². The zero-order chi connectivity index (χ0) is 36.8. The van der Waals surface area contributed by atoms with E-state index >= 15 is 0 Å². The molecule has 6 rings (SSSR count). The highest BCUT2D eigenvalue weighted by atomic mass is 19.1. The monoisotopic (exact) mass is 710 g/mol. The number of hydrogen-bond acceptors (Lipinski definition) is 9. The van der Waals surface area contributed by atoms with Gasteiger partial charge in [0.25, 0.3) is 11.8 Å². The minimum Gasteiger partial charge on any atom is -0.483 e. The van der Waals surface area contributed by atoms with Crippen molar-refractivity contribution in [3.63, 3.8) is 0 Å². The number of benzene rings is 2. The van der Waals surface area contributed by atoms with Crippen molar-refractivity contribution >= 4 is 23.8 Å². The summed E-state index contributed by atoms with van der Waals surface area (Å²) < 4.78 is 62.0. The molecule has 2 aromatic carbocycles. The van der Waals surface area contributed by atoms with Crippen LogP contribution >= 0.6 is 0 Å². The molecule has 3 aliphatic rings. The number of rotatable bonds is 6. The van der Waals surface area contributed by atoms with Gasteiger partial charge in [-0.15, -0.1) is 0 Å². The lowest BCUT2D eigenvalue weighted by atomic mass is 9.85. The molecule has 0 N–H and O–H groups in total. The maximum atomic E-state index is 14.9. The molecule has 4 heterocycles. The van der Waals surface area contributed by atoms with Gasteiger partial charge in [-0.1, -0.05) is 35.5 Å². The second-order valence-electron chi connectivity index (χ2n) is 13.8. The number of carbonyl (C=O) groups excluding carboxylic acids is 3. The second kappa shape index (κ2) is 13.4. The van der Waals surface area contributed by atoms with E-state index in [2.05, 4.69) is 5.16 Å². The predicted molar refractivity (Wildman–Crippen MR) is 176 cm³/mol. The first-order valence-corrected chi connectivity index (χ1v) is 16.4. The lowest BCUT2D eigenvalue weighted by Gasteiger charge is -2.42. The van der Waals surface area contributed by atoms with E-state index in [0.29, 0.717) is 41.3 Å². The highest BCUT2D eigenvalue weighted by Gasteiger charge is 2.55. The van der Waals surface area contributed by atoms with Crippen molar-refractivity contribution in [1.82, 2.24) is 14.4 Å². The number of pyridine rings is 1. The van der Waals surface area contributed by atoms with Crippen LogP contribution in [0.4, 0.5) is 18.0 Å². The molecule has 3 aliphatic heterocycles. The number of aromatic nitrogens is 1. The predicted octanol–water partition coefficient (Wildman–Crippen LogP) is 5.72. The highest BCUT2D eigenvalue weighted by Crippen LogP contribution is 2.46. The van der Waals surface area contributed by atoms with Crippen molar-refractivity contribution < 1.29 is 46.6 Å². The third kappa shape index (κ3) is 6.76. The number of oxime groups is 1. The van der Waals surface area contributed by atoms with E-state index in [-0.39, 0.29) is 31.3 Å². The Morgan fingerprint density at radius 1 is 1.10 bits per heavy atom. The number of ether oxygens (including phenoxy) is 3. The first-order valence-electron chi connectivity index (χ1n) is 16.4. The molecule has 270 valence electrons. The van der Waals surface area contributed by atoms with Crippen LogP contribution in [0.5, 0.6) is 5.75 Å². The molecule has 1 saturated heterocycles. The molecule has 0 saturated carbocycles. The van der Waals surface area contributed by atoms with Gasteiger partial charge in [-0.3, -0.25) is 14.4 Å². The average molecular weight is 711 g/mol. The van der Waals surface area contributed by atoms with Crippen LogP contribution in [0, 0.1) is 17.5 Å². The summed E-state index contributed by atoms with van der Waals surface area (Å²) in [5, 5.41) is 4.12. The van der Waals surface area contributed by atoms with Gasteiger partial charge in [0.05, 0.1) is 26.1 Å². The van der Waals surface area contributed by atoms with Crippen molar-refractivity contribution in [1.29, 1.82) is 0 Å². The van der Waals surface area contributed by atoms with Gasteiger partial charge in [0.2, 0.25) is 11.3 Å². The van der Waals surface area contributed by atoms with Gasteiger partial charge in [-0.2, -0.15) is 0 Å². The number of amides is 3. The van der Waals surface area contributed by atoms with Gasteiger partial charge in [0.15, 0.2) is 17.0 Å². The Kier molecular flexibility index (Phi) is 9.33. The molecule has 0 unspecified atom stereocenters. The Balaban J connectivity index is 1.54. The molecule has 2 bridgehead atoms. The Hall–Kier alpha value is -5.34. The van der Waals surface area contributed by atoms with Crippen molar-refractivity contribution in [2.45, 2.75) is 83.4 Å². The van der Waals surface area contributed by atoms with E-state index in [1.54, 1.807) is 35.2 Å². The maximum Gasteiger partial charge on any atom is 0.417 e. The van der Waals surface area contributed by atoms with E-state index in [0.717, 1.165) is 6.20 Å². The van der Waals surface area contributed by atoms with Gasteiger partial charge in [0, 0.05) is 36.5 Å². The normalized spacial score (nSPS) is 21.0. The van der Waals surface area contributed by atoms with Crippen LogP contribution in [0.15, 0.2) is 58.6 Å². The maximum absolute atomic E-state index is 14.9. The summed E-state index contributed by atoms with van der Waals surface area (Å²) in [7, 11) is 1.45. The molecule has 0 radical (unpaired) electrons. The van der Waals surface area contributed by atoms with Crippen LogP contribution in [0.3, 0.4) is 0 Å².